The van der Waals surface area contributed by atoms with Crippen LogP contribution in [0.1, 0.15) is 26.3 Å². The van der Waals surface area contributed by atoms with Crippen LogP contribution in [0.15, 0.2) is 24.3 Å². The first-order valence-corrected chi connectivity index (χ1v) is 7.96. The molecule has 0 aliphatic rings. The summed E-state index contributed by atoms with van der Waals surface area (Å²) in [5, 5.41) is 17.9. The molecule has 1 aromatic rings. The van der Waals surface area contributed by atoms with Gasteiger partial charge in [0.25, 0.3) is 5.91 Å². The van der Waals surface area contributed by atoms with E-state index in [1.165, 1.54) is 0 Å². The third-order valence-electron chi connectivity index (χ3n) is 2.90. The van der Waals surface area contributed by atoms with Gasteiger partial charge >= 0.3 is 0 Å². The molecular weight excluding hydrogens is 365 g/mol. The smallest absolute Gasteiger partial charge is 0.258 e. The molecule has 0 fully saturated rings. The fourth-order valence-electron chi connectivity index (χ4n) is 1.92. The second-order valence-corrected chi connectivity index (χ2v) is 6.38. The summed E-state index contributed by atoms with van der Waals surface area (Å²) in [5.74, 6) is 0.557. The first-order chi connectivity index (χ1) is 10.9. The lowest BCUT2D eigenvalue weighted by Gasteiger charge is -2.20. The third kappa shape index (κ3) is 13.9. The van der Waals surface area contributed by atoms with Crippen molar-refractivity contribution in [1.82, 2.24) is 16.0 Å². The van der Waals surface area contributed by atoms with Crippen molar-refractivity contribution in [2.24, 2.45) is 0 Å². The Kier molecular flexibility index (Phi) is 14.8. The maximum atomic E-state index is 11.7. The highest BCUT2D eigenvalue weighted by molar-refractivity contribution is 5.78. The molecule has 0 spiro atoms. The highest BCUT2D eigenvalue weighted by Gasteiger charge is 2.13. The summed E-state index contributed by atoms with van der Waals surface area (Å²) in [6.07, 6.45) is 0. The predicted molar refractivity (Wildman–Crippen MR) is 91.5 cm³/mol. The number of aliphatic hydroxyl groups is 1. The number of carbonyl (C=O) groups excluding carboxylic acids is 1. The molecule has 1 aromatic carbocycles. The van der Waals surface area contributed by atoms with Gasteiger partial charge in [-0.2, -0.15) is 0 Å². The molecule has 0 heterocycles. The number of hydrogen-bond donors (Lipinski definition) is 4. The van der Waals surface area contributed by atoms with Crippen LogP contribution in [0.2, 0.25) is 0 Å². The van der Waals surface area contributed by atoms with Gasteiger partial charge in [-0.1, -0.05) is 12.1 Å². The van der Waals surface area contributed by atoms with E-state index in [0.29, 0.717) is 12.3 Å². The molecule has 6 nitrogen and oxygen atoms in total. The lowest BCUT2D eigenvalue weighted by atomic mass is 10.1. The Morgan fingerprint density at radius 1 is 1.04 bits per heavy atom. The van der Waals surface area contributed by atoms with Crippen LogP contribution in [0.25, 0.3) is 0 Å². The molecule has 0 aromatic heterocycles. The van der Waals surface area contributed by atoms with Crippen molar-refractivity contribution in [3.05, 3.63) is 29.8 Å². The van der Waals surface area contributed by atoms with Crippen LogP contribution in [-0.4, -0.2) is 49.4 Å². The Hall–Kier alpha value is -1.05. The predicted octanol–water partition coefficient (Wildman–Crippen LogP) is -5.34. The summed E-state index contributed by atoms with van der Waals surface area (Å²) in [4.78, 5) is 11.7. The lowest BCUT2D eigenvalue weighted by molar-refractivity contribution is -0.124. The van der Waals surface area contributed by atoms with Crippen LogP contribution in [0.3, 0.4) is 0 Å². The summed E-state index contributed by atoms with van der Waals surface area (Å²) in [5.41, 5.74) is 0.904. The highest BCUT2D eigenvalue weighted by Crippen LogP contribution is 2.12. The van der Waals surface area contributed by atoms with Crippen molar-refractivity contribution in [1.29, 1.82) is 0 Å². The van der Waals surface area contributed by atoms with Gasteiger partial charge in [-0.3, -0.25) is 4.79 Å². The van der Waals surface area contributed by atoms with E-state index in [2.05, 4.69) is 16.0 Å². The normalized spacial score (nSPS) is 10.4. The zero-order chi connectivity index (χ0) is 17.1. The van der Waals surface area contributed by atoms with Gasteiger partial charge < -0.3 is 50.6 Å². The lowest BCUT2D eigenvalue weighted by Crippen LogP contribution is -3.00. The molecular formula is C17H29Cl2N3O3-2. The van der Waals surface area contributed by atoms with Crippen LogP contribution in [0, 0.1) is 0 Å². The van der Waals surface area contributed by atoms with Gasteiger partial charge in [0.1, 0.15) is 5.75 Å². The minimum atomic E-state index is -0.248. The zero-order valence-electron chi connectivity index (χ0n) is 15.1. The summed E-state index contributed by atoms with van der Waals surface area (Å²) >= 11 is 0. The van der Waals surface area contributed by atoms with Crippen LogP contribution in [0.4, 0.5) is 0 Å². The molecule has 0 unspecified atom stereocenters. The van der Waals surface area contributed by atoms with Crippen molar-refractivity contribution in [3.8, 4) is 5.75 Å². The van der Waals surface area contributed by atoms with Gasteiger partial charge in [0.15, 0.2) is 6.61 Å². The van der Waals surface area contributed by atoms with Crippen LogP contribution in [-0.2, 0) is 11.3 Å². The number of aliphatic hydroxyl groups excluding tert-OH is 1. The number of carbonyl (C=O) groups is 1. The minimum Gasteiger partial charge on any atom is -1.00 e. The quantitative estimate of drug-likeness (QED) is 0.298. The summed E-state index contributed by atoms with van der Waals surface area (Å²) < 4.78 is 5.47. The second kappa shape index (κ2) is 14.2. The SMILES string of the molecule is CC(C)(C)NC(=O)COc1ccc(CNCCNCCO)cc1.[Cl-].[Cl-]. The molecule has 0 bridgehead atoms. The van der Waals surface area contributed by atoms with E-state index in [4.69, 9.17) is 9.84 Å². The van der Waals surface area contributed by atoms with E-state index in [-0.39, 0.29) is 49.5 Å². The van der Waals surface area contributed by atoms with E-state index in [1.807, 2.05) is 45.0 Å². The van der Waals surface area contributed by atoms with E-state index in [0.717, 1.165) is 25.2 Å². The highest BCUT2D eigenvalue weighted by atomic mass is 35.5. The monoisotopic (exact) mass is 393 g/mol. The molecule has 25 heavy (non-hydrogen) atoms. The Morgan fingerprint density at radius 2 is 1.64 bits per heavy atom. The molecule has 0 radical (unpaired) electrons. The molecule has 146 valence electrons. The average Bonchev–Trinajstić information content (AvgIpc) is 2.48. The summed E-state index contributed by atoms with van der Waals surface area (Å²) in [6.45, 7) is 9.04. The van der Waals surface area contributed by atoms with Gasteiger partial charge in [0, 0.05) is 31.7 Å². The van der Waals surface area contributed by atoms with Crippen molar-refractivity contribution in [2.45, 2.75) is 32.9 Å². The summed E-state index contributed by atoms with van der Waals surface area (Å²) in [6, 6.07) is 7.69. The molecule has 0 aliphatic carbocycles. The Morgan fingerprint density at radius 3 is 2.20 bits per heavy atom. The van der Waals surface area contributed by atoms with Gasteiger partial charge in [0.05, 0.1) is 6.61 Å². The molecule has 0 saturated heterocycles. The number of nitrogens with one attached hydrogen (secondary N) is 3. The maximum absolute atomic E-state index is 11.7. The Balaban J connectivity index is 0. The molecule has 0 atom stereocenters. The number of ether oxygens (including phenoxy) is 1. The largest absolute Gasteiger partial charge is 1.00 e. The van der Waals surface area contributed by atoms with Gasteiger partial charge in [-0.15, -0.1) is 0 Å². The van der Waals surface area contributed by atoms with Crippen LogP contribution < -0.4 is 45.5 Å². The number of rotatable bonds is 10. The van der Waals surface area contributed by atoms with Gasteiger partial charge in [-0.05, 0) is 38.5 Å². The van der Waals surface area contributed by atoms with E-state index in [1.54, 1.807) is 0 Å². The molecule has 1 rings (SSSR count). The van der Waals surface area contributed by atoms with E-state index < -0.39 is 0 Å². The van der Waals surface area contributed by atoms with Crippen molar-refractivity contribution < 1.29 is 39.5 Å². The fraction of sp³-hybridized carbons (Fsp3) is 0.588. The van der Waals surface area contributed by atoms with Gasteiger partial charge in [-0.25, -0.2) is 0 Å². The standard InChI is InChI=1S/C17H29N3O3.2ClH/c1-17(2,3)20-16(22)13-23-15-6-4-14(5-7-15)12-19-9-8-18-10-11-21;;/h4-7,18-19,21H,8-13H2,1-3H3,(H,20,22);2*1H/p-2. The first-order valence-electron chi connectivity index (χ1n) is 7.96. The molecule has 0 aliphatic heterocycles. The average molecular weight is 394 g/mol. The molecule has 0 saturated carbocycles. The first kappa shape index (κ1) is 26.2. The second-order valence-electron chi connectivity index (χ2n) is 6.38. The van der Waals surface area contributed by atoms with Gasteiger partial charge in [0.2, 0.25) is 0 Å². The number of amides is 1. The van der Waals surface area contributed by atoms with Crippen molar-refractivity contribution >= 4 is 5.91 Å². The fourth-order valence-corrected chi connectivity index (χ4v) is 1.92. The maximum Gasteiger partial charge on any atom is 0.258 e. The molecule has 8 heteroatoms. The third-order valence-corrected chi connectivity index (χ3v) is 2.90. The Labute approximate surface area is 162 Å². The Bertz CT molecular complexity index is 465. The van der Waals surface area contributed by atoms with E-state index >= 15 is 0 Å². The zero-order valence-corrected chi connectivity index (χ0v) is 16.6. The molecule has 4 N–H and O–H groups in total. The van der Waals surface area contributed by atoms with Crippen LogP contribution in [0.5, 0.6) is 5.75 Å². The topological polar surface area (TPSA) is 82.6 Å². The molecule has 1 amide bonds. The van der Waals surface area contributed by atoms with E-state index in [9.17, 15) is 4.79 Å². The van der Waals surface area contributed by atoms with Crippen molar-refractivity contribution in [3.63, 3.8) is 0 Å². The minimum absolute atomic E-state index is 0. The number of hydrogen-bond acceptors (Lipinski definition) is 5. The summed E-state index contributed by atoms with van der Waals surface area (Å²) in [7, 11) is 0. The van der Waals surface area contributed by atoms with Crippen molar-refractivity contribution in [2.75, 3.05) is 32.8 Å². The number of halogens is 2. The van der Waals surface area contributed by atoms with Crippen LogP contribution >= 0.6 is 0 Å². The number of benzene rings is 1.